The third kappa shape index (κ3) is 4.45. The number of rotatable bonds is 4. The summed E-state index contributed by atoms with van der Waals surface area (Å²) >= 11 is 0. The lowest BCUT2D eigenvalue weighted by atomic mass is 10.0. The number of aryl methyl sites for hydroxylation is 6. The Labute approximate surface area is 197 Å². The molecule has 4 rings (SSSR count). The molecule has 1 aliphatic rings. The van der Waals surface area contributed by atoms with E-state index in [1.165, 1.54) is 33.4 Å². The van der Waals surface area contributed by atoms with Crippen LogP contribution in [0.25, 0.3) is 6.08 Å². The van der Waals surface area contributed by atoms with Crippen molar-refractivity contribution in [3.05, 3.63) is 124 Å². The Bertz CT molecular complexity index is 1170. The average molecular weight is 437 g/mol. The van der Waals surface area contributed by atoms with Crippen LogP contribution in [0.4, 0.5) is 11.4 Å². The molecule has 1 N–H and O–H groups in total. The van der Waals surface area contributed by atoms with Crippen molar-refractivity contribution in [2.75, 3.05) is 9.80 Å². The van der Waals surface area contributed by atoms with E-state index in [2.05, 4.69) is 75.6 Å². The molecule has 0 aromatic heterocycles. The van der Waals surface area contributed by atoms with Gasteiger partial charge in [0.2, 0.25) is 0 Å². The standard InChI is InChI=1S/C30H32N2O/c1-20-16-22(3)28(23(4)17-20)31-14-15-32(29-24(5)18-21(2)19-25(29)6)30(31)27(33)13-12-26-10-8-7-9-11-26/h7-19,33H,1-6H3/b13-12+. The van der Waals surface area contributed by atoms with Crippen LogP contribution in [-0.2, 0) is 0 Å². The predicted molar refractivity (Wildman–Crippen MR) is 141 cm³/mol. The van der Waals surface area contributed by atoms with Gasteiger partial charge in [-0.1, -0.05) is 71.8 Å². The average Bonchev–Trinajstić information content (AvgIpc) is 3.15. The molecule has 3 aromatic carbocycles. The number of hydrogen-bond donors (Lipinski definition) is 1. The first-order valence-corrected chi connectivity index (χ1v) is 11.3. The van der Waals surface area contributed by atoms with Crippen LogP contribution in [0.3, 0.4) is 0 Å². The Morgan fingerprint density at radius 2 is 1.09 bits per heavy atom. The van der Waals surface area contributed by atoms with Crippen LogP contribution in [-0.4, -0.2) is 5.11 Å². The summed E-state index contributed by atoms with van der Waals surface area (Å²) in [6, 6.07) is 18.8. The van der Waals surface area contributed by atoms with Gasteiger partial charge in [0, 0.05) is 12.4 Å². The zero-order chi connectivity index (χ0) is 23.7. The van der Waals surface area contributed by atoms with E-state index in [-0.39, 0.29) is 5.76 Å². The molecule has 1 aliphatic heterocycles. The Hall–Kier alpha value is -3.72. The molecule has 0 spiro atoms. The predicted octanol–water partition coefficient (Wildman–Crippen LogP) is 7.78. The highest BCUT2D eigenvalue weighted by Gasteiger charge is 2.29. The molecule has 168 valence electrons. The van der Waals surface area contributed by atoms with E-state index in [0.717, 1.165) is 22.8 Å². The van der Waals surface area contributed by atoms with Crippen molar-refractivity contribution >= 4 is 17.5 Å². The van der Waals surface area contributed by atoms with Crippen molar-refractivity contribution in [1.82, 2.24) is 0 Å². The zero-order valence-electron chi connectivity index (χ0n) is 20.3. The number of aliphatic hydroxyl groups is 1. The molecule has 3 heteroatoms. The van der Waals surface area contributed by atoms with Gasteiger partial charge in [0.05, 0.1) is 11.4 Å². The van der Waals surface area contributed by atoms with Gasteiger partial charge in [-0.05, 0) is 75.4 Å². The van der Waals surface area contributed by atoms with Gasteiger partial charge in [0.1, 0.15) is 0 Å². The molecule has 3 aromatic rings. The van der Waals surface area contributed by atoms with Gasteiger partial charge in [0.25, 0.3) is 0 Å². The summed E-state index contributed by atoms with van der Waals surface area (Å²) in [7, 11) is 0. The lowest BCUT2D eigenvalue weighted by Crippen LogP contribution is -2.26. The summed E-state index contributed by atoms with van der Waals surface area (Å²) in [6.45, 7) is 12.7. The van der Waals surface area contributed by atoms with Gasteiger partial charge in [0.15, 0.2) is 11.6 Å². The Balaban J connectivity index is 1.89. The summed E-state index contributed by atoms with van der Waals surface area (Å²) < 4.78 is 0. The second-order valence-corrected chi connectivity index (χ2v) is 8.99. The normalized spacial score (nSPS) is 13.5. The van der Waals surface area contributed by atoms with Crippen LogP contribution < -0.4 is 9.80 Å². The largest absolute Gasteiger partial charge is 0.504 e. The van der Waals surface area contributed by atoms with Gasteiger partial charge >= 0.3 is 0 Å². The molecular weight excluding hydrogens is 404 g/mol. The second kappa shape index (κ2) is 9.03. The van der Waals surface area contributed by atoms with Crippen molar-refractivity contribution in [1.29, 1.82) is 0 Å². The molecule has 0 atom stereocenters. The van der Waals surface area contributed by atoms with Gasteiger partial charge in [-0.2, -0.15) is 0 Å². The molecule has 1 heterocycles. The Morgan fingerprint density at radius 3 is 1.52 bits per heavy atom. The zero-order valence-corrected chi connectivity index (χ0v) is 20.3. The fraction of sp³-hybridized carbons (Fsp3) is 0.200. The van der Waals surface area contributed by atoms with Crippen molar-refractivity contribution in [2.24, 2.45) is 0 Å². The number of hydrogen-bond acceptors (Lipinski definition) is 3. The lowest BCUT2D eigenvalue weighted by molar-refractivity contribution is 0.424. The third-order valence-corrected chi connectivity index (χ3v) is 6.04. The highest BCUT2D eigenvalue weighted by atomic mass is 16.3. The number of nitrogens with zero attached hydrogens (tertiary/aromatic N) is 2. The number of allylic oxidation sites excluding steroid dienone is 1. The summed E-state index contributed by atoms with van der Waals surface area (Å²) in [4.78, 5) is 4.21. The second-order valence-electron chi connectivity index (χ2n) is 8.99. The van der Waals surface area contributed by atoms with Gasteiger partial charge in [-0.25, -0.2) is 0 Å². The van der Waals surface area contributed by atoms with E-state index in [4.69, 9.17) is 0 Å². The smallest absolute Gasteiger partial charge is 0.164 e. The van der Waals surface area contributed by atoms with E-state index >= 15 is 0 Å². The van der Waals surface area contributed by atoms with Gasteiger partial charge < -0.3 is 5.11 Å². The van der Waals surface area contributed by atoms with Crippen LogP contribution in [0.15, 0.2) is 84.7 Å². The maximum Gasteiger partial charge on any atom is 0.164 e. The van der Waals surface area contributed by atoms with Gasteiger partial charge in [-0.15, -0.1) is 0 Å². The minimum absolute atomic E-state index is 0.211. The number of benzene rings is 3. The fourth-order valence-corrected chi connectivity index (χ4v) is 4.92. The van der Waals surface area contributed by atoms with Crippen molar-refractivity contribution in [3.8, 4) is 0 Å². The van der Waals surface area contributed by atoms with Crippen LogP contribution in [0.2, 0.25) is 0 Å². The highest BCUT2D eigenvalue weighted by Crippen LogP contribution is 2.39. The van der Waals surface area contributed by atoms with Gasteiger partial charge in [-0.3, -0.25) is 9.80 Å². The van der Waals surface area contributed by atoms with Crippen molar-refractivity contribution < 1.29 is 5.11 Å². The van der Waals surface area contributed by atoms with Crippen LogP contribution in [0.1, 0.15) is 38.9 Å². The van der Waals surface area contributed by atoms with Crippen LogP contribution in [0, 0.1) is 41.5 Å². The monoisotopic (exact) mass is 436 g/mol. The molecule has 0 saturated carbocycles. The van der Waals surface area contributed by atoms with Crippen molar-refractivity contribution in [2.45, 2.75) is 41.5 Å². The van der Waals surface area contributed by atoms with E-state index in [9.17, 15) is 5.11 Å². The summed E-state index contributed by atoms with van der Waals surface area (Å²) in [5, 5.41) is 11.4. The lowest BCUT2D eigenvalue weighted by Gasteiger charge is -2.30. The minimum atomic E-state index is 0.211. The first-order chi connectivity index (χ1) is 15.8. The molecule has 0 saturated heterocycles. The van der Waals surface area contributed by atoms with E-state index in [0.29, 0.717) is 0 Å². The summed E-state index contributed by atoms with van der Waals surface area (Å²) in [5.74, 6) is 0.940. The Morgan fingerprint density at radius 1 is 0.667 bits per heavy atom. The maximum absolute atomic E-state index is 11.4. The maximum atomic E-state index is 11.4. The third-order valence-electron chi connectivity index (χ3n) is 6.04. The molecule has 0 fully saturated rings. The molecule has 3 nitrogen and oxygen atoms in total. The molecule has 0 bridgehead atoms. The van der Waals surface area contributed by atoms with E-state index in [1.807, 2.05) is 48.8 Å². The summed E-state index contributed by atoms with van der Waals surface area (Å²) in [5.41, 5.74) is 10.4. The molecular formula is C30H32N2O. The van der Waals surface area contributed by atoms with E-state index in [1.54, 1.807) is 6.08 Å². The minimum Gasteiger partial charge on any atom is -0.504 e. The topological polar surface area (TPSA) is 26.7 Å². The molecule has 0 radical (unpaired) electrons. The number of aliphatic hydroxyl groups excluding tert-OH is 1. The van der Waals surface area contributed by atoms with E-state index < -0.39 is 0 Å². The van der Waals surface area contributed by atoms with Crippen molar-refractivity contribution in [3.63, 3.8) is 0 Å². The highest BCUT2D eigenvalue weighted by molar-refractivity contribution is 5.77. The molecule has 33 heavy (non-hydrogen) atoms. The summed E-state index contributed by atoms with van der Waals surface area (Å²) in [6.07, 6.45) is 7.83. The molecule has 0 aliphatic carbocycles. The Kier molecular flexibility index (Phi) is 6.15. The van der Waals surface area contributed by atoms with Crippen LogP contribution >= 0.6 is 0 Å². The van der Waals surface area contributed by atoms with Crippen LogP contribution in [0.5, 0.6) is 0 Å². The number of anilines is 2. The quantitative estimate of drug-likeness (QED) is 0.423. The SMILES string of the molecule is Cc1cc(C)c(N2C=CN(c3c(C)cc(C)cc3C)C2=C(O)/C=C/c2ccccc2)c(C)c1. The molecule has 0 unspecified atom stereocenters. The fourth-order valence-electron chi connectivity index (χ4n) is 4.92. The molecule has 0 amide bonds. The first-order valence-electron chi connectivity index (χ1n) is 11.3. The first kappa shape index (κ1) is 22.5.